The SMILES string of the molecule is CC(C)(C)C1CCc2onc(C(=O)NCCn3ccnc3)c2C1. The lowest BCUT2D eigenvalue weighted by Crippen LogP contribution is -2.30. The maximum Gasteiger partial charge on any atom is 0.273 e. The second kappa shape index (κ2) is 6.18. The minimum absolute atomic E-state index is 0.148. The standard InChI is InChI=1S/C17H24N4O2/c1-17(2,3)12-4-5-14-13(10-12)15(20-23-14)16(22)19-7-9-21-8-6-18-11-21/h6,8,11-12H,4-5,7,9-10H2,1-3H3,(H,19,22). The van der Waals surface area contributed by atoms with Crippen molar-refractivity contribution in [3.05, 3.63) is 35.7 Å². The quantitative estimate of drug-likeness (QED) is 0.940. The lowest BCUT2D eigenvalue weighted by atomic mass is 9.71. The number of hydrogen-bond donors (Lipinski definition) is 1. The van der Waals surface area contributed by atoms with Gasteiger partial charge in [0.15, 0.2) is 5.69 Å². The Bertz CT molecular complexity index is 667. The first-order valence-electron chi connectivity index (χ1n) is 8.16. The number of rotatable bonds is 4. The molecule has 1 amide bonds. The van der Waals surface area contributed by atoms with Gasteiger partial charge in [-0.2, -0.15) is 0 Å². The van der Waals surface area contributed by atoms with Gasteiger partial charge in [0, 0.05) is 37.5 Å². The third kappa shape index (κ3) is 3.46. The Hall–Kier alpha value is -2.11. The van der Waals surface area contributed by atoms with Gasteiger partial charge < -0.3 is 14.4 Å². The van der Waals surface area contributed by atoms with Crippen molar-refractivity contribution in [1.29, 1.82) is 0 Å². The first kappa shape index (κ1) is 15.8. The van der Waals surface area contributed by atoms with Crippen molar-refractivity contribution in [2.45, 2.75) is 46.6 Å². The number of nitrogens with zero attached hydrogens (tertiary/aromatic N) is 3. The highest BCUT2D eigenvalue weighted by atomic mass is 16.5. The van der Waals surface area contributed by atoms with E-state index in [1.165, 1.54) is 0 Å². The number of aromatic nitrogens is 3. The summed E-state index contributed by atoms with van der Waals surface area (Å²) in [7, 11) is 0. The van der Waals surface area contributed by atoms with E-state index in [0.29, 0.717) is 24.7 Å². The zero-order chi connectivity index (χ0) is 16.4. The number of nitrogens with one attached hydrogen (secondary N) is 1. The molecule has 0 saturated heterocycles. The van der Waals surface area contributed by atoms with Crippen molar-refractivity contribution in [2.24, 2.45) is 11.3 Å². The summed E-state index contributed by atoms with van der Waals surface area (Å²) in [6.45, 7) is 7.99. The summed E-state index contributed by atoms with van der Waals surface area (Å²) >= 11 is 0. The topological polar surface area (TPSA) is 73.0 Å². The highest BCUT2D eigenvalue weighted by Gasteiger charge is 2.33. The molecule has 0 radical (unpaired) electrons. The van der Waals surface area contributed by atoms with E-state index < -0.39 is 0 Å². The van der Waals surface area contributed by atoms with Crippen LogP contribution in [0.3, 0.4) is 0 Å². The predicted octanol–water partition coefficient (Wildman–Crippen LogP) is 2.45. The summed E-state index contributed by atoms with van der Waals surface area (Å²) in [4.78, 5) is 16.4. The summed E-state index contributed by atoms with van der Waals surface area (Å²) in [6, 6.07) is 0. The van der Waals surface area contributed by atoms with E-state index in [9.17, 15) is 4.79 Å². The van der Waals surface area contributed by atoms with Crippen molar-refractivity contribution in [3.8, 4) is 0 Å². The molecule has 3 rings (SSSR count). The molecule has 1 N–H and O–H groups in total. The van der Waals surface area contributed by atoms with Crippen LogP contribution in [-0.2, 0) is 19.4 Å². The molecule has 1 aliphatic carbocycles. The van der Waals surface area contributed by atoms with Crippen LogP contribution in [0.25, 0.3) is 0 Å². The van der Waals surface area contributed by atoms with Gasteiger partial charge in [0.1, 0.15) is 5.76 Å². The Balaban J connectivity index is 1.65. The van der Waals surface area contributed by atoms with Gasteiger partial charge >= 0.3 is 0 Å². The van der Waals surface area contributed by atoms with Crippen LogP contribution in [0, 0.1) is 11.3 Å². The van der Waals surface area contributed by atoms with E-state index in [1.54, 1.807) is 12.5 Å². The summed E-state index contributed by atoms with van der Waals surface area (Å²) < 4.78 is 7.32. The van der Waals surface area contributed by atoms with Crippen molar-refractivity contribution in [1.82, 2.24) is 20.0 Å². The molecule has 1 atom stereocenters. The second-order valence-electron chi connectivity index (χ2n) is 7.30. The number of hydrogen-bond acceptors (Lipinski definition) is 4. The number of aryl methyl sites for hydroxylation is 1. The lowest BCUT2D eigenvalue weighted by Gasteiger charge is -2.33. The highest BCUT2D eigenvalue weighted by molar-refractivity contribution is 5.93. The maximum atomic E-state index is 12.4. The lowest BCUT2D eigenvalue weighted by molar-refractivity contribution is 0.0942. The third-order valence-electron chi connectivity index (χ3n) is 4.69. The Morgan fingerprint density at radius 2 is 2.30 bits per heavy atom. The van der Waals surface area contributed by atoms with Crippen LogP contribution in [0.15, 0.2) is 23.2 Å². The molecule has 0 aliphatic heterocycles. The Kier molecular flexibility index (Phi) is 4.24. The van der Waals surface area contributed by atoms with E-state index >= 15 is 0 Å². The molecule has 2 aromatic rings. The molecule has 0 spiro atoms. The van der Waals surface area contributed by atoms with Gasteiger partial charge in [0.2, 0.25) is 0 Å². The highest BCUT2D eigenvalue weighted by Crippen LogP contribution is 2.38. The first-order valence-corrected chi connectivity index (χ1v) is 8.16. The number of amides is 1. The summed E-state index contributed by atoms with van der Waals surface area (Å²) in [5.74, 6) is 1.28. The maximum absolute atomic E-state index is 12.4. The fourth-order valence-electron chi connectivity index (χ4n) is 3.12. The minimum Gasteiger partial charge on any atom is -0.360 e. The Labute approximate surface area is 136 Å². The van der Waals surface area contributed by atoms with Crippen molar-refractivity contribution >= 4 is 5.91 Å². The molecule has 1 aliphatic rings. The van der Waals surface area contributed by atoms with E-state index in [2.05, 4.69) is 36.2 Å². The number of imidazole rings is 1. The zero-order valence-electron chi connectivity index (χ0n) is 14.0. The number of carbonyl (C=O) groups excluding carboxylic acids is 1. The second-order valence-corrected chi connectivity index (χ2v) is 7.30. The van der Waals surface area contributed by atoms with Gasteiger partial charge in [-0.3, -0.25) is 4.79 Å². The molecule has 0 bridgehead atoms. The van der Waals surface area contributed by atoms with E-state index in [1.807, 2.05) is 10.8 Å². The van der Waals surface area contributed by atoms with Gasteiger partial charge in [-0.05, 0) is 24.2 Å². The molecule has 0 saturated carbocycles. The van der Waals surface area contributed by atoms with Gasteiger partial charge in [0.25, 0.3) is 5.91 Å². The summed E-state index contributed by atoms with van der Waals surface area (Å²) in [5.41, 5.74) is 1.68. The Morgan fingerprint density at radius 3 is 3.00 bits per heavy atom. The number of fused-ring (bicyclic) bond motifs is 1. The molecule has 124 valence electrons. The monoisotopic (exact) mass is 316 g/mol. The van der Waals surface area contributed by atoms with Crippen LogP contribution in [0.5, 0.6) is 0 Å². The third-order valence-corrected chi connectivity index (χ3v) is 4.69. The Morgan fingerprint density at radius 1 is 1.48 bits per heavy atom. The van der Waals surface area contributed by atoms with Crippen LogP contribution < -0.4 is 5.32 Å². The molecular weight excluding hydrogens is 292 g/mol. The van der Waals surface area contributed by atoms with Gasteiger partial charge in [-0.1, -0.05) is 25.9 Å². The molecule has 1 unspecified atom stereocenters. The number of carbonyl (C=O) groups is 1. The molecule has 6 heteroatoms. The molecule has 6 nitrogen and oxygen atoms in total. The van der Waals surface area contributed by atoms with Crippen molar-refractivity contribution in [2.75, 3.05) is 6.54 Å². The predicted molar refractivity (Wildman–Crippen MR) is 86.0 cm³/mol. The molecule has 0 fully saturated rings. The van der Waals surface area contributed by atoms with Gasteiger partial charge in [0.05, 0.1) is 6.33 Å². The minimum atomic E-state index is -0.148. The fraction of sp³-hybridized carbons (Fsp3) is 0.588. The van der Waals surface area contributed by atoms with Crippen LogP contribution in [0.2, 0.25) is 0 Å². The fourth-order valence-corrected chi connectivity index (χ4v) is 3.12. The van der Waals surface area contributed by atoms with Crippen LogP contribution >= 0.6 is 0 Å². The van der Waals surface area contributed by atoms with Gasteiger partial charge in [-0.25, -0.2) is 4.98 Å². The van der Waals surface area contributed by atoms with Crippen molar-refractivity contribution in [3.63, 3.8) is 0 Å². The smallest absolute Gasteiger partial charge is 0.273 e. The summed E-state index contributed by atoms with van der Waals surface area (Å²) in [5, 5.41) is 6.94. The zero-order valence-corrected chi connectivity index (χ0v) is 14.0. The normalized spacial score (nSPS) is 17.8. The van der Waals surface area contributed by atoms with E-state index in [0.717, 1.165) is 30.6 Å². The first-order chi connectivity index (χ1) is 10.9. The van der Waals surface area contributed by atoms with Crippen LogP contribution in [-0.4, -0.2) is 27.2 Å². The van der Waals surface area contributed by atoms with Crippen molar-refractivity contribution < 1.29 is 9.32 Å². The summed E-state index contributed by atoms with van der Waals surface area (Å²) in [6.07, 6.45) is 8.16. The molecule has 2 heterocycles. The molecule has 23 heavy (non-hydrogen) atoms. The molecule has 2 aromatic heterocycles. The average Bonchev–Trinajstić information content (AvgIpc) is 3.14. The van der Waals surface area contributed by atoms with E-state index in [4.69, 9.17) is 4.52 Å². The van der Waals surface area contributed by atoms with Crippen LogP contribution in [0.4, 0.5) is 0 Å². The molecular formula is C17H24N4O2. The largest absolute Gasteiger partial charge is 0.360 e. The average molecular weight is 316 g/mol. The molecule has 0 aromatic carbocycles. The van der Waals surface area contributed by atoms with Crippen LogP contribution in [0.1, 0.15) is 49.0 Å². The van der Waals surface area contributed by atoms with Gasteiger partial charge in [-0.15, -0.1) is 0 Å². The van der Waals surface area contributed by atoms with E-state index in [-0.39, 0.29) is 11.3 Å².